The monoisotopic (exact) mass is 339 g/mol. The van der Waals surface area contributed by atoms with Crippen LogP contribution in [0.3, 0.4) is 0 Å². The van der Waals surface area contributed by atoms with Gasteiger partial charge in [-0.3, -0.25) is 9.69 Å². The molecule has 23 heavy (non-hydrogen) atoms. The number of nitrogens with zero attached hydrogens (tertiary/aromatic N) is 3. The van der Waals surface area contributed by atoms with Crippen molar-refractivity contribution in [2.75, 3.05) is 40.5 Å². The van der Waals surface area contributed by atoms with Gasteiger partial charge in [0.15, 0.2) is 0 Å². The number of hydrogen-bond donors (Lipinski definition) is 0. The van der Waals surface area contributed by atoms with Gasteiger partial charge in [0.2, 0.25) is 5.91 Å². The maximum Gasteiger partial charge on any atom is 0.248 e. The molecule has 1 aromatic heterocycles. The highest BCUT2D eigenvalue weighted by Crippen LogP contribution is 2.35. The highest BCUT2D eigenvalue weighted by Gasteiger charge is 2.41. The smallest absolute Gasteiger partial charge is 0.248 e. The van der Waals surface area contributed by atoms with E-state index in [0.717, 1.165) is 32.5 Å². The SMILES string of the molecule is CN(C)C(=O)COC[C@@H]1C[C@@H]2OCCN(Cc3nccs3)[C@H]2C1. The minimum Gasteiger partial charge on any atom is -0.375 e. The van der Waals surface area contributed by atoms with Crippen molar-refractivity contribution in [1.82, 2.24) is 14.8 Å². The Bertz CT molecular complexity index is 509. The fraction of sp³-hybridized carbons (Fsp3) is 0.750. The molecule has 0 unspecified atom stereocenters. The molecule has 0 spiro atoms. The van der Waals surface area contributed by atoms with Crippen LogP contribution in [0.1, 0.15) is 17.8 Å². The maximum absolute atomic E-state index is 11.6. The molecule has 1 saturated carbocycles. The number of likely N-dealkylation sites (N-methyl/N-ethyl adjacent to an activating group) is 1. The molecule has 7 heteroatoms. The summed E-state index contributed by atoms with van der Waals surface area (Å²) in [6.45, 7) is 3.48. The fourth-order valence-corrected chi connectivity index (χ4v) is 4.05. The van der Waals surface area contributed by atoms with Crippen molar-refractivity contribution in [2.45, 2.75) is 31.5 Å². The summed E-state index contributed by atoms with van der Waals surface area (Å²) in [5.74, 6) is 0.485. The second kappa shape index (κ2) is 7.70. The third-order valence-corrected chi connectivity index (χ3v) is 5.41. The fourth-order valence-electron chi connectivity index (χ4n) is 3.40. The second-order valence-electron chi connectivity index (χ2n) is 6.51. The van der Waals surface area contributed by atoms with Crippen LogP contribution in [0.2, 0.25) is 0 Å². The lowest BCUT2D eigenvalue weighted by atomic mass is 10.1. The molecule has 1 aliphatic heterocycles. The summed E-state index contributed by atoms with van der Waals surface area (Å²) in [6.07, 6.45) is 4.26. The van der Waals surface area contributed by atoms with Crippen LogP contribution in [0, 0.1) is 5.92 Å². The van der Waals surface area contributed by atoms with Crippen molar-refractivity contribution < 1.29 is 14.3 Å². The number of aromatic nitrogens is 1. The summed E-state index contributed by atoms with van der Waals surface area (Å²) in [5, 5.41) is 3.20. The summed E-state index contributed by atoms with van der Waals surface area (Å²) in [4.78, 5) is 20.0. The number of morpholine rings is 1. The third kappa shape index (κ3) is 4.29. The number of carbonyl (C=O) groups is 1. The zero-order valence-electron chi connectivity index (χ0n) is 13.8. The van der Waals surface area contributed by atoms with Crippen LogP contribution >= 0.6 is 11.3 Å². The Morgan fingerprint density at radius 1 is 1.52 bits per heavy atom. The first-order valence-corrected chi connectivity index (χ1v) is 9.03. The largest absolute Gasteiger partial charge is 0.375 e. The predicted molar refractivity (Wildman–Crippen MR) is 88.3 cm³/mol. The molecule has 1 amide bonds. The molecule has 1 aliphatic carbocycles. The van der Waals surface area contributed by atoms with E-state index in [1.54, 1.807) is 30.3 Å². The standard InChI is InChI=1S/C16H25N3O3S/c1-18(2)16(20)11-21-10-12-7-13-14(8-12)22-5-4-19(13)9-15-17-3-6-23-15/h3,6,12-14H,4-5,7-11H2,1-2H3/t12-,13-,14-/m0/s1. The Hall–Kier alpha value is -1.02. The molecule has 0 bridgehead atoms. The molecular formula is C16H25N3O3S. The van der Waals surface area contributed by atoms with Gasteiger partial charge in [-0.25, -0.2) is 4.98 Å². The quantitative estimate of drug-likeness (QED) is 0.780. The van der Waals surface area contributed by atoms with E-state index in [4.69, 9.17) is 9.47 Å². The van der Waals surface area contributed by atoms with Crippen LogP contribution in [-0.4, -0.2) is 73.3 Å². The van der Waals surface area contributed by atoms with E-state index in [0.29, 0.717) is 24.7 Å². The molecule has 0 N–H and O–H groups in total. The minimum absolute atomic E-state index is 0.0158. The van der Waals surface area contributed by atoms with Crippen LogP contribution in [-0.2, 0) is 20.8 Å². The van der Waals surface area contributed by atoms with Gasteiger partial charge in [-0.15, -0.1) is 11.3 Å². The Balaban J connectivity index is 1.49. The Morgan fingerprint density at radius 3 is 3.13 bits per heavy atom. The topological polar surface area (TPSA) is 54.9 Å². The molecule has 2 fully saturated rings. The van der Waals surface area contributed by atoms with Gasteiger partial charge in [-0.2, -0.15) is 0 Å². The molecule has 128 valence electrons. The van der Waals surface area contributed by atoms with Crippen molar-refractivity contribution in [3.05, 3.63) is 16.6 Å². The average Bonchev–Trinajstić information content (AvgIpc) is 3.16. The average molecular weight is 339 g/mol. The van der Waals surface area contributed by atoms with Gasteiger partial charge in [0.25, 0.3) is 0 Å². The molecular weight excluding hydrogens is 314 g/mol. The molecule has 3 atom stereocenters. The third-order valence-electron chi connectivity index (χ3n) is 4.65. The van der Waals surface area contributed by atoms with Gasteiger partial charge in [0.1, 0.15) is 11.6 Å². The number of amides is 1. The number of rotatable bonds is 6. The van der Waals surface area contributed by atoms with Crippen molar-refractivity contribution in [3.63, 3.8) is 0 Å². The van der Waals surface area contributed by atoms with E-state index >= 15 is 0 Å². The molecule has 1 aromatic rings. The molecule has 2 aliphatic rings. The van der Waals surface area contributed by atoms with Gasteiger partial charge >= 0.3 is 0 Å². The first-order chi connectivity index (χ1) is 11.1. The first kappa shape index (κ1) is 16.8. The molecule has 0 aromatic carbocycles. The molecule has 3 rings (SSSR count). The Labute approximate surface area is 141 Å². The van der Waals surface area contributed by atoms with Crippen molar-refractivity contribution in [2.24, 2.45) is 5.92 Å². The highest BCUT2D eigenvalue weighted by molar-refractivity contribution is 7.09. The van der Waals surface area contributed by atoms with E-state index < -0.39 is 0 Å². The summed E-state index contributed by atoms with van der Waals surface area (Å²) < 4.78 is 11.6. The van der Waals surface area contributed by atoms with Crippen molar-refractivity contribution >= 4 is 17.2 Å². The van der Waals surface area contributed by atoms with E-state index in [9.17, 15) is 4.79 Å². The summed E-state index contributed by atoms with van der Waals surface area (Å²) >= 11 is 1.71. The predicted octanol–water partition coefficient (Wildman–Crippen LogP) is 1.23. The van der Waals surface area contributed by atoms with Gasteiger partial charge in [-0.05, 0) is 18.8 Å². The lowest BCUT2D eigenvalue weighted by molar-refractivity contribution is -0.134. The van der Waals surface area contributed by atoms with Crippen LogP contribution < -0.4 is 0 Å². The Morgan fingerprint density at radius 2 is 2.39 bits per heavy atom. The molecule has 6 nitrogen and oxygen atoms in total. The van der Waals surface area contributed by atoms with Gasteiger partial charge in [0, 0.05) is 38.3 Å². The normalized spacial score (nSPS) is 27.8. The summed E-state index contributed by atoms with van der Waals surface area (Å²) in [5.41, 5.74) is 0. The summed E-state index contributed by atoms with van der Waals surface area (Å²) in [7, 11) is 3.50. The molecule has 1 saturated heterocycles. The van der Waals surface area contributed by atoms with Crippen LogP contribution in [0.15, 0.2) is 11.6 Å². The van der Waals surface area contributed by atoms with Gasteiger partial charge in [0.05, 0.1) is 25.9 Å². The zero-order valence-corrected chi connectivity index (χ0v) is 14.6. The molecule has 0 radical (unpaired) electrons. The lowest BCUT2D eigenvalue weighted by Gasteiger charge is -2.37. The van der Waals surface area contributed by atoms with E-state index in [2.05, 4.69) is 9.88 Å². The maximum atomic E-state index is 11.6. The molecule has 2 heterocycles. The van der Waals surface area contributed by atoms with E-state index in [1.807, 2.05) is 11.6 Å². The number of carbonyl (C=O) groups excluding carboxylic acids is 1. The van der Waals surface area contributed by atoms with Crippen LogP contribution in [0.4, 0.5) is 0 Å². The van der Waals surface area contributed by atoms with Gasteiger partial charge in [-0.1, -0.05) is 0 Å². The van der Waals surface area contributed by atoms with Crippen LogP contribution in [0.25, 0.3) is 0 Å². The van der Waals surface area contributed by atoms with E-state index in [-0.39, 0.29) is 12.5 Å². The minimum atomic E-state index is 0.0158. The number of hydrogen-bond acceptors (Lipinski definition) is 6. The van der Waals surface area contributed by atoms with E-state index in [1.165, 1.54) is 5.01 Å². The first-order valence-electron chi connectivity index (χ1n) is 8.15. The number of fused-ring (bicyclic) bond motifs is 1. The van der Waals surface area contributed by atoms with Crippen molar-refractivity contribution in [1.29, 1.82) is 0 Å². The lowest BCUT2D eigenvalue weighted by Crippen LogP contribution is -2.47. The summed E-state index contributed by atoms with van der Waals surface area (Å²) in [6, 6.07) is 0.450. The number of ether oxygens (including phenoxy) is 2. The number of thiazole rings is 1. The van der Waals surface area contributed by atoms with Crippen molar-refractivity contribution in [3.8, 4) is 0 Å². The second-order valence-corrected chi connectivity index (χ2v) is 7.49. The Kier molecular flexibility index (Phi) is 5.63. The van der Waals surface area contributed by atoms with Crippen LogP contribution in [0.5, 0.6) is 0 Å². The zero-order chi connectivity index (χ0) is 16.2. The van der Waals surface area contributed by atoms with Gasteiger partial charge < -0.3 is 14.4 Å². The highest BCUT2D eigenvalue weighted by atomic mass is 32.1.